The molecule has 0 fully saturated rings. The Bertz CT molecular complexity index is 264. The predicted octanol–water partition coefficient (Wildman–Crippen LogP) is 3.25. The minimum Gasteiger partial charge on any atom is -0.383 e. The summed E-state index contributed by atoms with van der Waals surface area (Å²) in [4.78, 5) is 4.24. The second kappa shape index (κ2) is 5.63. The Kier molecular flexibility index (Phi) is 4.78. The highest BCUT2D eigenvalue weighted by atomic mass is 33.1. The lowest BCUT2D eigenvalue weighted by molar-refractivity contribution is 0.179. The van der Waals surface area contributed by atoms with E-state index in [1.165, 1.54) is 0 Å². The fourth-order valence-electron chi connectivity index (χ4n) is 0.924. The van der Waals surface area contributed by atoms with Crippen molar-refractivity contribution in [3.8, 4) is 0 Å². The first-order valence-corrected chi connectivity index (χ1v) is 6.55. The molecular formula is C10H15NOS2. The summed E-state index contributed by atoms with van der Waals surface area (Å²) in [5, 5.41) is 1.04. The molecule has 0 saturated carbocycles. The third-order valence-electron chi connectivity index (χ3n) is 1.48. The maximum absolute atomic E-state index is 5.14. The van der Waals surface area contributed by atoms with Gasteiger partial charge in [0.25, 0.3) is 0 Å². The van der Waals surface area contributed by atoms with E-state index in [0.29, 0.717) is 0 Å². The third-order valence-corrected chi connectivity index (χ3v) is 4.66. The van der Waals surface area contributed by atoms with Gasteiger partial charge in [-0.1, -0.05) is 16.9 Å². The minimum absolute atomic E-state index is 0.122. The van der Waals surface area contributed by atoms with E-state index in [0.717, 1.165) is 11.6 Å². The van der Waals surface area contributed by atoms with Crippen molar-refractivity contribution in [1.82, 2.24) is 4.98 Å². The fourth-order valence-corrected chi connectivity index (χ4v) is 3.01. The van der Waals surface area contributed by atoms with Crippen LogP contribution in [0, 0.1) is 0 Å². The minimum atomic E-state index is 0.122. The average Bonchev–Trinajstić information content (AvgIpc) is 2.17. The molecule has 0 aromatic carbocycles. The molecule has 0 N–H and O–H groups in total. The number of nitrogens with zero attached hydrogens (tertiary/aromatic N) is 1. The summed E-state index contributed by atoms with van der Waals surface area (Å²) < 4.78 is 5.26. The maximum Gasteiger partial charge on any atom is 0.106 e. The maximum atomic E-state index is 5.14. The number of rotatable bonds is 5. The van der Waals surface area contributed by atoms with Crippen LogP contribution < -0.4 is 0 Å². The smallest absolute Gasteiger partial charge is 0.106 e. The summed E-state index contributed by atoms with van der Waals surface area (Å²) >= 11 is 0. The van der Waals surface area contributed by atoms with Crippen LogP contribution in [0.5, 0.6) is 0 Å². The Hall–Kier alpha value is -0.190. The van der Waals surface area contributed by atoms with Crippen molar-refractivity contribution >= 4 is 21.6 Å². The molecule has 2 nitrogen and oxygen atoms in total. The molecule has 0 radical (unpaired) electrons. The van der Waals surface area contributed by atoms with Gasteiger partial charge >= 0.3 is 0 Å². The normalized spacial score (nSPS) is 11.6. The number of methoxy groups -OCH3 is 1. The molecule has 0 saturated heterocycles. The summed E-state index contributed by atoms with van der Waals surface area (Å²) in [6, 6.07) is 5.94. The lowest BCUT2D eigenvalue weighted by atomic mass is 10.2. The van der Waals surface area contributed by atoms with E-state index in [1.54, 1.807) is 28.7 Å². The number of hydrogen-bond donors (Lipinski definition) is 0. The quantitative estimate of drug-likeness (QED) is 0.723. The topological polar surface area (TPSA) is 22.1 Å². The predicted molar refractivity (Wildman–Crippen MR) is 63.6 cm³/mol. The Morgan fingerprint density at radius 3 is 2.79 bits per heavy atom. The van der Waals surface area contributed by atoms with Crippen LogP contribution in [0.2, 0.25) is 0 Å². The summed E-state index contributed by atoms with van der Waals surface area (Å²) in [7, 11) is 5.21. The zero-order valence-electron chi connectivity index (χ0n) is 8.69. The van der Waals surface area contributed by atoms with Gasteiger partial charge in [0.15, 0.2) is 0 Å². The monoisotopic (exact) mass is 229 g/mol. The first kappa shape index (κ1) is 11.9. The van der Waals surface area contributed by atoms with Crippen LogP contribution in [0.25, 0.3) is 0 Å². The van der Waals surface area contributed by atoms with E-state index < -0.39 is 0 Å². The molecule has 1 aromatic heterocycles. The number of hydrogen-bond acceptors (Lipinski definition) is 4. The van der Waals surface area contributed by atoms with Crippen LogP contribution >= 0.6 is 21.6 Å². The van der Waals surface area contributed by atoms with Crippen LogP contribution in [0.4, 0.5) is 0 Å². The Morgan fingerprint density at radius 1 is 1.43 bits per heavy atom. The number of pyridine rings is 1. The molecule has 0 unspecified atom stereocenters. The van der Waals surface area contributed by atoms with Gasteiger partial charge in [0.2, 0.25) is 0 Å². The van der Waals surface area contributed by atoms with E-state index in [9.17, 15) is 0 Å². The highest BCUT2D eigenvalue weighted by Gasteiger charge is 2.19. The summed E-state index contributed by atoms with van der Waals surface area (Å²) in [5.74, 6) is 0. The van der Waals surface area contributed by atoms with E-state index >= 15 is 0 Å². The second-order valence-corrected chi connectivity index (χ2v) is 6.38. The standard InChI is InChI=1S/C10H15NOS2/c1-10(2,8-12-3)14-13-9-6-4-5-7-11-9/h4-7H,8H2,1-3H3. The average molecular weight is 229 g/mol. The molecule has 1 aromatic rings. The molecule has 0 aliphatic heterocycles. The van der Waals surface area contributed by atoms with Crippen LogP contribution in [-0.2, 0) is 4.74 Å². The van der Waals surface area contributed by atoms with Gasteiger partial charge in [0, 0.05) is 18.1 Å². The van der Waals surface area contributed by atoms with Crippen molar-refractivity contribution in [1.29, 1.82) is 0 Å². The summed E-state index contributed by atoms with van der Waals surface area (Å²) in [5.41, 5.74) is 0. The highest BCUT2D eigenvalue weighted by molar-refractivity contribution is 8.77. The van der Waals surface area contributed by atoms with E-state index in [4.69, 9.17) is 4.74 Å². The fraction of sp³-hybridized carbons (Fsp3) is 0.500. The van der Waals surface area contributed by atoms with Gasteiger partial charge in [-0.3, -0.25) is 0 Å². The first-order chi connectivity index (χ1) is 6.64. The van der Waals surface area contributed by atoms with Gasteiger partial charge in [-0.15, -0.1) is 0 Å². The number of ether oxygens (including phenoxy) is 1. The van der Waals surface area contributed by atoms with Crippen molar-refractivity contribution in [2.24, 2.45) is 0 Å². The Morgan fingerprint density at radius 2 is 2.21 bits per heavy atom. The molecule has 4 heteroatoms. The van der Waals surface area contributed by atoms with Crippen LogP contribution in [0.1, 0.15) is 13.8 Å². The Labute approximate surface area is 93.2 Å². The van der Waals surface area contributed by atoms with Gasteiger partial charge in [-0.25, -0.2) is 4.98 Å². The zero-order valence-corrected chi connectivity index (χ0v) is 10.3. The molecule has 1 rings (SSSR count). The van der Waals surface area contributed by atoms with Crippen LogP contribution in [0.15, 0.2) is 29.4 Å². The van der Waals surface area contributed by atoms with Crippen molar-refractivity contribution in [3.63, 3.8) is 0 Å². The molecule has 14 heavy (non-hydrogen) atoms. The molecule has 0 bridgehead atoms. The first-order valence-electron chi connectivity index (χ1n) is 4.40. The van der Waals surface area contributed by atoms with Crippen LogP contribution in [-0.4, -0.2) is 23.4 Å². The van der Waals surface area contributed by atoms with Gasteiger partial charge in [-0.2, -0.15) is 0 Å². The van der Waals surface area contributed by atoms with Gasteiger partial charge in [0.1, 0.15) is 5.03 Å². The number of aromatic nitrogens is 1. The van der Waals surface area contributed by atoms with Crippen molar-refractivity contribution in [3.05, 3.63) is 24.4 Å². The third kappa shape index (κ3) is 4.35. The van der Waals surface area contributed by atoms with Gasteiger partial charge in [0.05, 0.1) is 6.61 Å². The Balaban J connectivity index is 2.40. The largest absolute Gasteiger partial charge is 0.383 e. The zero-order chi connectivity index (χ0) is 10.4. The molecule has 1 heterocycles. The summed E-state index contributed by atoms with van der Waals surface area (Å²) in [6.45, 7) is 5.08. The SMILES string of the molecule is COCC(C)(C)SSc1ccccn1. The molecule has 0 aliphatic carbocycles. The van der Waals surface area contributed by atoms with E-state index in [2.05, 4.69) is 18.8 Å². The lowest BCUT2D eigenvalue weighted by Crippen LogP contribution is -2.20. The molecule has 0 amide bonds. The molecule has 0 atom stereocenters. The summed E-state index contributed by atoms with van der Waals surface area (Å²) in [6.07, 6.45) is 1.81. The molecule has 0 aliphatic rings. The van der Waals surface area contributed by atoms with Crippen molar-refractivity contribution in [2.45, 2.75) is 23.6 Å². The van der Waals surface area contributed by atoms with Gasteiger partial charge in [-0.05, 0) is 36.8 Å². The van der Waals surface area contributed by atoms with Gasteiger partial charge < -0.3 is 4.74 Å². The van der Waals surface area contributed by atoms with Crippen molar-refractivity contribution in [2.75, 3.05) is 13.7 Å². The van der Waals surface area contributed by atoms with E-state index in [1.807, 2.05) is 24.4 Å². The molecular weight excluding hydrogens is 214 g/mol. The van der Waals surface area contributed by atoms with Crippen molar-refractivity contribution < 1.29 is 4.74 Å². The van der Waals surface area contributed by atoms with Crippen LogP contribution in [0.3, 0.4) is 0 Å². The second-order valence-electron chi connectivity index (χ2n) is 3.53. The van der Waals surface area contributed by atoms with E-state index in [-0.39, 0.29) is 4.75 Å². The lowest BCUT2D eigenvalue weighted by Gasteiger charge is -2.21. The highest BCUT2D eigenvalue weighted by Crippen LogP contribution is 2.39. The molecule has 78 valence electrons. The molecule has 0 spiro atoms.